The van der Waals surface area contributed by atoms with Gasteiger partial charge >= 0.3 is 0 Å². The van der Waals surface area contributed by atoms with Gasteiger partial charge in [-0.25, -0.2) is 0 Å². The largest absolute Gasteiger partial charge is 0.376 e. The number of rotatable bonds is 4. The van der Waals surface area contributed by atoms with Gasteiger partial charge in [-0.15, -0.1) is 0 Å². The van der Waals surface area contributed by atoms with Crippen molar-refractivity contribution in [2.45, 2.75) is 6.92 Å². The number of halogens is 1. The summed E-state index contributed by atoms with van der Waals surface area (Å²) in [5.74, 6) is 0.00778. The van der Waals surface area contributed by atoms with Crippen LogP contribution in [0.4, 0.5) is 5.69 Å². The van der Waals surface area contributed by atoms with Crippen molar-refractivity contribution in [1.82, 2.24) is 5.32 Å². The first-order valence-corrected chi connectivity index (χ1v) is 6.68. The summed E-state index contributed by atoms with van der Waals surface area (Å²) in [5, 5.41) is 8.19. The molecular weight excluding hydrogens is 292 g/mol. The molecule has 4 heteroatoms. The van der Waals surface area contributed by atoms with Crippen LogP contribution in [0.5, 0.6) is 0 Å². The SMILES string of the molecule is CCNC(=O)CNc1ccc2cc(Br)ccc2c1. The van der Waals surface area contributed by atoms with Crippen molar-refractivity contribution in [3.63, 3.8) is 0 Å². The number of likely N-dealkylation sites (N-methyl/N-ethyl adjacent to an activating group) is 1. The summed E-state index contributed by atoms with van der Waals surface area (Å²) >= 11 is 3.45. The molecule has 0 fully saturated rings. The number of nitrogens with one attached hydrogen (secondary N) is 2. The topological polar surface area (TPSA) is 41.1 Å². The zero-order chi connectivity index (χ0) is 13.0. The number of hydrogen-bond acceptors (Lipinski definition) is 2. The van der Waals surface area contributed by atoms with Crippen molar-refractivity contribution < 1.29 is 4.79 Å². The molecule has 1 amide bonds. The van der Waals surface area contributed by atoms with Crippen LogP contribution in [0, 0.1) is 0 Å². The van der Waals surface area contributed by atoms with Crippen LogP contribution in [0.3, 0.4) is 0 Å². The van der Waals surface area contributed by atoms with Crippen molar-refractivity contribution in [3.05, 3.63) is 40.9 Å². The number of hydrogen-bond donors (Lipinski definition) is 2. The molecule has 0 heterocycles. The Morgan fingerprint density at radius 3 is 2.67 bits per heavy atom. The van der Waals surface area contributed by atoms with Crippen molar-refractivity contribution in [3.8, 4) is 0 Å². The van der Waals surface area contributed by atoms with E-state index in [0.717, 1.165) is 15.5 Å². The highest BCUT2D eigenvalue weighted by Gasteiger charge is 2.00. The Hall–Kier alpha value is -1.55. The molecule has 2 N–H and O–H groups in total. The molecule has 0 spiro atoms. The quantitative estimate of drug-likeness (QED) is 0.911. The van der Waals surface area contributed by atoms with Crippen LogP contribution in [0.25, 0.3) is 10.8 Å². The van der Waals surface area contributed by atoms with Gasteiger partial charge in [0.2, 0.25) is 5.91 Å². The second kappa shape index (κ2) is 5.87. The normalized spacial score (nSPS) is 10.3. The van der Waals surface area contributed by atoms with E-state index in [0.29, 0.717) is 13.1 Å². The predicted octanol–water partition coefficient (Wildman–Crippen LogP) is 3.15. The summed E-state index contributed by atoms with van der Waals surface area (Å²) < 4.78 is 1.07. The van der Waals surface area contributed by atoms with E-state index in [4.69, 9.17) is 0 Å². The Morgan fingerprint density at radius 2 is 1.89 bits per heavy atom. The Bertz CT molecular complexity index is 569. The molecule has 2 rings (SSSR count). The minimum absolute atomic E-state index is 0.00778. The number of anilines is 1. The Kier molecular flexibility index (Phi) is 4.20. The second-order valence-electron chi connectivity index (χ2n) is 4.01. The van der Waals surface area contributed by atoms with Crippen LogP contribution in [-0.2, 0) is 4.79 Å². The highest BCUT2D eigenvalue weighted by molar-refractivity contribution is 9.10. The van der Waals surface area contributed by atoms with Crippen molar-refractivity contribution in [1.29, 1.82) is 0 Å². The summed E-state index contributed by atoms with van der Waals surface area (Å²) in [6.45, 7) is 2.87. The van der Waals surface area contributed by atoms with E-state index in [9.17, 15) is 4.79 Å². The molecule has 0 aliphatic rings. The van der Waals surface area contributed by atoms with E-state index in [2.05, 4.69) is 38.7 Å². The minimum atomic E-state index is 0.00778. The molecule has 2 aromatic carbocycles. The molecule has 0 aromatic heterocycles. The third kappa shape index (κ3) is 3.23. The van der Waals surface area contributed by atoms with Gasteiger partial charge in [0.05, 0.1) is 6.54 Å². The Morgan fingerprint density at radius 1 is 1.17 bits per heavy atom. The lowest BCUT2D eigenvalue weighted by Gasteiger charge is -2.07. The van der Waals surface area contributed by atoms with E-state index in [1.807, 2.05) is 31.2 Å². The molecule has 0 atom stereocenters. The van der Waals surface area contributed by atoms with E-state index in [1.165, 1.54) is 5.39 Å². The fourth-order valence-electron chi connectivity index (χ4n) is 1.77. The molecule has 0 saturated carbocycles. The lowest BCUT2D eigenvalue weighted by Crippen LogP contribution is -2.29. The smallest absolute Gasteiger partial charge is 0.239 e. The van der Waals surface area contributed by atoms with Crippen LogP contribution < -0.4 is 10.6 Å². The van der Waals surface area contributed by atoms with Gasteiger partial charge in [-0.1, -0.05) is 28.1 Å². The zero-order valence-electron chi connectivity index (χ0n) is 10.2. The average Bonchev–Trinajstić information content (AvgIpc) is 2.36. The minimum Gasteiger partial charge on any atom is -0.376 e. The summed E-state index contributed by atoms with van der Waals surface area (Å²) in [7, 11) is 0. The molecule has 2 aromatic rings. The van der Waals surface area contributed by atoms with E-state index < -0.39 is 0 Å². The van der Waals surface area contributed by atoms with Gasteiger partial charge in [-0.3, -0.25) is 4.79 Å². The van der Waals surface area contributed by atoms with Gasteiger partial charge in [0.1, 0.15) is 0 Å². The molecular formula is C14H15BrN2O. The first-order chi connectivity index (χ1) is 8.69. The highest BCUT2D eigenvalue weighted by Crippen LogP contribution is 2.22. The van der Waals surface area contributed by atoms with Crippen LogP contribution >= 0.6 is 15.9 Å². The van der Waals surface area contributed by atoms with Crippen molar-refractivity contribution >= 4 is 38.3 Å². The van der Waals surface area contributed by atoms with Gasteiger partial charge < -0.3 is 10.6 Å². The molecule has 94 valence electrons. The van der Waals surface area contributed by atoms with Gasteiger partial charge in [0, 0.05) is 16.7 Å². The molecule has 0 bridgehead atoms. The molecule has 18 heavy (non-hydrogen) atoms. The first kappa shape index (κ1) is 12.9. The molecule has 3 nitrogen and oxygen atoms in total. The number of carbonyl (C=O) groups excluding carboxylic acids is 1. The van der Waals surface area contributed by atoms with Gasteiger partial charge in [-0.05, 0) is 42.0 Å². The molecule has 0 unspecified atom stereocenters. The highest BCUT2D eigenvalue weighted by atomic mass is 79.9. The lowest BCUT2D eigenvalue weighted by atomic mass is 10.1. The van der Waals surface area contributed by atoms with Gasteiger partial charge in [0.25, 0.3) is 0 Å². The predicted molar refractivity (Wildman–Crippen MR) is 78.8 cm³/mol. The summed E-state index contributed by atoms with van der Waals surface area (Å²) in [6, 6.07) is 12.2. The van der Waals surface area contributed by atoms with Gasteiger partial charge in [0.15, 0.2) is 0 Å². The zero-order valence-corrected chi connectivity index (χ0v) is 11.8. The Balaban J connectivity index is 2.10. The third-order valence-electron chi connectivity index (χ3n) is 2.63. The monoisotopic (exact) mass is 306 g/mol. The maximum atomic E-state index is 11.3. The average molecular weight is 307 g/mol. The Labute approximate surface area is 115 Å². The first-order valence-electron chi connectivity index (χ1n) is 5.89. The molecule has 0 saturated heterocycles. The van der Waals surface area contributed by atoms with E-state index in [-0.39, 0.29) is 5.91 Å². The second-order valence-corrected chi connectivity index (χ2v) is 4.93. The number of amides is 1. The van der Waals surface area contributed by atoms with E-state index >= 15 is 0 Å². The number of benzene rings is 2. The maximum absolute atomic E-state index is 11.3. The van der Waals surface area contributed by atoms with Crippen LogP contribution in [0.1, 0.15) is 6.92 Å². The maximum Gasteiger partial charge on any atom is 0.239 e. The van der Waals surface area contributed by atoms with Crippen molar-refractivity contribution in [2.24, 2.45) is 0 Å². The third-order valence-corrected chi connectivity index (χ3v) is 3.12. The standard InChI is InChI=1S/C14H15BrN2O/c1-2-16-14(18)9-17-13-6-4-10-7-12(15)5-3-11(10)8-13/h3-8,17H,2,9H2,1H3,(H,16,18). The number of carbonyl (C=O) groups is 1. The fourth-order valence-corrected chi connectivity index (χ4v) is 2.15. The summed E-state index contributed by atoms with van der Waals surface area (Å²) in [4.78, 5) is 11.3. The van der Waals surface area contributed by atoms with Crippen LogP contribution in [0.15, 0.2) is 40.9 Å². The van der Waals surface area contributed by atoms with E-state index in [1.54, 1.807) is 0 Å². The summed E-state index contributed by atoms with van der Waals surface area (Å²) in [5.41, 5.74) is 0.955. The number of fused-ring (bicyclic) bond motifs is 1. The molecule has 0 aliphatic heterocycles. The van der Waals surface area contributed by atoms with Gasteiger partial charge in [-0.2, -0.15) is 0 Å². The van der Waals surface area contributed by atoms with Crippen LogP contribution in [-0.4, -0.2) is 19.0 Å². The van der Waals surface area contributed by atoms with Crippen molar-refractivity contribution in [2.75, 3.05) is 18.4 Å². The molecule has 0 radical (unpaired) electrons. The fraction of sp³-hybridized carbons (Fsp3) is 0.214. The molecule has 0 aliphatic carbocycles. The van der Waals surface area contributed by atoms with Crippen LogP contribution in [0.2, 0.25) is 0 Å². The summed E-state index contributed by atoms with van der Waals surface area (Å²) in [6.07, 6.45) is 0. The lowest BCUT2D eigenvalue weighted by molar-refractivity contribution is -0.119.